The monoisotopic (exact) mass is 418 g/mol. The standard InChI is InChI=1S/C13H12N2O3.C2H6O.Mo.2O/c1-18-11-6-2-4-9(12(11)17)8-15-13-10(16)5-3-7-14-13;1-2-3;;;/h2-8,16-17H,1H3;3H,2H2,1H3;;;/q;;;2*-2/p-2/b15-8+;;;;. The zero-order chi connectivity index (χ0) is 15.7. The first kappa shape index (κ1) is 26.9. The quantitative estimate of drug-likeness (QED) is 0.577. The van der Waals surface area contributed by atoms with Crippen LogP contribution in [0.5, 0.6) is 17.2 Å². The smallest absolute Gasteiger partial charge is 0.143 e. The van der Waals surface area contributed by atoms with Crippen LogP contribution in [0.25, 0.3) is 0 Å². The summed E-state index contributed by atoms with van der Waals surface area (Å²) in [6.07, 6.45) is 2.78. The van der Waals surface area contributed by atoms with Crippen molar-refractivity contribution in [3.05, 3.63) is 42.1 Å². The number of aliphatic hydroxyl groups is 1. The molecule has 9 heteroatoms. The van der Waals surface area contributed by atoms with Gasteiger partial charge in [-0.05, 0) is 24.6 Å². The van der Waals surface area contributed by atoms with Gasteiger partial charge in [0.05, 0.1) is 7.11 Å². The normalized spacial score (nSPS) is 8.79. The minimum Gasteiger partial charge on any atom is -2.00 e. The summed E-state index contributed by atoms with van der Waals surface area (Å²) in [5.41, 5.74) is 0.347. The van der Waals surface area contributed by atoms with E-state index in [1.165, 1.54) is 31.7 Å². The van der Waals surface area contributed by atoms with Crippen molar-refractivity contribution in [2.75, 3.05) is 13.7 Å². The van der Waals surface area contributed by atoms with E-state index in [4.69, 9.17) is 9.84 Å². The molecule has 1 N–H and O–H groups in total. The number of rotatable bonds is 3. The van der Waals surface area contributed by atoms with Crippen LogP contribution in [0, 0.1) is 0 Å². The molecule has 0 amide bonds. The molecular weight excluding hydrogens is 400 g/mol. The van der Waals surface area contributed by atoms with Gasteiger partial charge >= 0.3 is 0 Å². The first-order valence-corrected chi connectivity index (χ1v) is 6.25. The molecule has 0 atom stereocenters. The van der Waals surface area contributed by atoms with E-state index >= 15 is 0 Å². The summed E-state index contributed by atoms with van der Waals surface area (Å²) in [6.45, 7) is 1.93. The Hall–Kier alpha value is -1.99. The fourth-order valence-electron chi connectivity index (χ4n) is 1.41. The maximum absolute atomic E-state index is 11.8. The number of aromatic nitrogens is 1. The van der Waals surface area contributed by atoms with Crippen LogP contribution in [-0.4, -0.2) is 30.0 Å². The Morgan fingerprint density at radius 2 is 1.83 bits per heavy atom. The maximum atomic E-state index is 11.8. The summed E-state index contributed by atoms with van der Waals surface area (Å²) < 4.78 is 4.91. The van der Waals surface area contributed by atoms with Gasteiger partial charge in [0.15, 0.2) is 0 Å². The van der Waals surface area contributed by atoms with Crippen molar-refractivity contribution in [2.24, 2.45) is 4.99 Å². The maximum Gasteiger partial charge on any atom is 0.143 e. The predicted molar refractivity (Wildman–Crippen MR) is 77.5 cm³/mol. The largest absolute Gasteiger partial charge is 2.00 e. The molecule has 0 bridgehead atoms. The van der Waals surface area contributed by atoms with E-state index < -0.39 is 0 Å². The molecule has 1 heterocycles. The van der Waals surface area contributed by atoms with Crippen molar-refractivity contribution in [3.8, 4) is 17.2 Å². The predicted octanol–water partition coefficient (Wildman–Crippen LogP) is 0.746. The first-order chi connectivity index (χ1) is 10.1. The molecule has 1 aromatic carbocycles. The van der Waals surface area contributed by atoms with Gasteiger partial charge in [-0.25, -0.2) is 9.98 Å². The van der Waals surface area contributed by atoms with E-state index in [9.17, 15) is 10.2 Å². The summed E-state index contributed by atoms with van der Waals surface area (Å²) in [6, 6.07) is 7.74. The number of nitrogens with zero attached hydrogens (tertiary/aromatic N) is 2. The fraction of sp³-hybridized carbons (Fsp3) is 0.200. The molecule has 2 aromatic rings. The Morgan fingerprint density at radius 3 is 2.38 bits per heavy atom. The molecule has 8 nitrogen and oxygen atoms in total. The van der Waals surface area contributed by atoms with Crippen molar-refractivity contribution in [1.82, 2.24) is 4.98 Å². The number of ether oxygens (including phenoxy) is 1. The molecule has 0 aliphatic heterocycles. The summed E-state index contributed by atoms with van der Waals surface area (Å²) in [4.78, 5) is 7.73. The van der Waals surface area contributed by atoms with Gasteiger partial charge in [-0.15, -0.1) is 0 Å². The Balaban J connectivity index is -0.000000685. The average molecular weight is 416 g/mol. The van der Waals surface area contributed by atoms with Crippen molar-refractivity contribution in [3.63, 3.8) is 0 Å². The molecule has 134 valence electrons. The van der Waals surface area contributed by atoms with Crippen LogP contribution in [0.15, 0.2) is 41.5 Å². The second-order valence-corrected chi connectivity index (χ2v) is 3.78. The molecule has 0 radical (unpaired) electrons. The minimum absolute atomic E-state index is 0. The average Bonchev–Trinajstić information content (AvgIpc) is 2.48. The van der Waals surface area contributed by atoms with Gasteiger partial charge in [-0.1, -0.05) is 29.7 Å². The molecule has 0 spiro atoms. The van der Waals surface area contributed by atoms with E-state index in [-0.39, 0.29) is 61.7 Å². The third-order valence-electron chi connectivity index (χ3n) is 2.31. The minimum atomic E-state index is -0.288. The van der Waals surface area contributed by atoms with Crippen molar-refractivity contribution < 1.29 is 52.1 Å². The molecule has 0 unspecified atom stereocenters. The van der Waals surface area contributed by atoms with Gasteiger partial charge in [0.25, 0.3) is 0 Å². The van der Waals surface area contributed by atoms with E-state index in [1.807, 2.05) is 0 Å². The van der Waals surface area contributed by atoms with Crippen LogP contribution >= 0.6 is 0 Å². The molecular formula is C15H16MoN2O6-6. The fourth-order valence-corrected chi connectivity index (χ4v) is 1.41. The van der Waals surface area contributed by atoms with Crippen molar-refractivity contribution >= 4 is 12.0 Å². The van der Waals surface area contributed by atoms with Crippen molar-refractivity contribution in [2.45, 2.75) is 6.92 Å². The zero-order valence-electron chi connectivity index (χ0n) is 13.0. The second kappa shape index (κ2) is 14.6. The summed E-state index contributed by atoms with van der Waals surface area (Å²) >= 11 is 0. The van der Waals surface area contributed by atoms with Gasteiger partial charge in [-0.2, -0.15) is 0 Å². The SMILES string of the molecule is CCO.COc1cccc(/C=N/c2ncccc2[O-])c1[O-].[Mo].[O-2].[O-2]. The number of para-hydroxylation sites is 1. The third kappa shape index (κ3) is 8.03. The Bertz CT molecular complexity index is 610. The Kier molecular flexibility index (Phi) is 16.3. The molecule has 0 saturated carbocycles. The van der Waals surface area contributed by atoms with E-state index in [2.05, 4.69) is 9.98 Å². The van der Waals surface area contributed by atoms with Crippen molar-refractivity contribution in [1.29, 1.82) is 0 Å². The van der Waals surface area contributed by atoms with Gasteiger partial charge in [0, 0.05) is 40.1 Å². The molecule has 1 aromatic heterocycles. The van der Waals surface area contributed by atoms with Crippen LogP contribution in [0.4, 0.5) is 5.82 Å². The number of pyridine rings is 1. The number of hydrogen-bond donors (Lipinski definition) is 1. The summed E-state index contributed by atoms with van der Waals surface area (Å²) in [7, 11) is 1.42. The van der Waals surface area contributed by atoms with Crippen LogP contribution in [0.3, 0.4) is 0 Å². The summed E-state index contributed by atoms with van der Waals surface area (Å²) in [5, 5.41) is 30.7. The third-order valence-corrected chi connectivity index (χ3v) is 2.31. The molecule has 0 aliphatic carbocycles. The van der Waals surface area contributed by atoms with E-state index in [1.54, 1.807) is 25.1 Å². The zero-order valence-corrected chi connectivity index (χ0v) is 15.0. The van der Waals surface area contributed by atoms with Crippen LogP contribution in [-0.2, 0) is 32.0 Å². The van der Waals surface area contributed by atoms with E-state index in [0.29, 0.717) is 5.56 Å². The van der Waals surface area contributed by atoms with Gasteiger partial charge in [-0.3, -0.25) is 0 Å². The van der Waals surface area contributed by atoms with Crippen LogP contribution in [0.2, 0.25) is 0 Å². The van der Waals surface area contributed by atoms with Crippen LogP contribution in [0.1, 0.15) is 12.5 Å². The Morgan fingerprint density at radius 1 is 1.21 bits per heavy atom. The summed E-state index contributed by atoms with van der Waals surface area (Å²) in [5.74, 6) is -0.265. The Labute approximate surface area is 154 Å². The number of aliphatic imine (C=N–C) groups is 1. The van der Waals surface area contributed by atoms with E-state index in [0.717, 1.165) is 0 Å². The molecule has 24 heavy (non-hydrogen) atoms. The second-order valence-electron chi connectivity index (χ2n) is 3.78. The molecule has 0 fully saturated rings. The number of hydrogen-bond acceptors (Lipinski definition) is 6. The first-order valence-electron chi connectivity index (χ1n) is 6.25. The van der Waals surface area contributed by atoms with Gasteiger partial charge in [0.2, 0.25) is 0 Å². The van der Waals surface area contributed by atoms with Gasteiger partial charge < -0.3 is 31.0 Å². The number of aliphatic hydroxyl groups excluding tert-OH is 1. The number of methoxy groups -OCH3 is 1. The van der Waals surface area contributed by atoms with Crippen LogP contribution < -0.4 is 14.9 Å². The van der Waals surface area contributed by atoms with Gasteiger partial charge in [0.1, 0.15) is 11.6 Å². The molecule has 2 rings (SSSR count). The topological polar surface area (TPSA) is 158 Å². The number of benzene rings is 1. The molecule has 0 aliphatic rings. The molecule has 0 saturated heterocycles.